The van der Waals surface area contributed by atoms with E-state index >= 15 is 0 Å². The summed E-state index contributed by atoms with van der Waals surface area (Å²) in [5.41, 5.74) is 1.94. The summed E-state index contributed by atoms with van der Waals surface area (Å²) in [6, 6.07) is 19.8. The predicted octanol–water partition coefficient (Wildman–Crippen LogP) is 3.37. The second kappa shape index (κ2) is 11.6. The Morgan fingerprint density at radius 1 is 1.10 bits per heavy atom. The summed E-state index contributed by atoms with van der Waals surface area (Å²) in [7, 11) is 1.58. The average molecular weight is 572 g/mol. The van der Waals surface area contributed by atoms with Crippen molar-refractivity contribution in [1.29, 1.82) is 0 Å². The molecule has 0 radical (unpaired) electrons. The number of anilines is 1. The molecule has 0 bridgehead atoms. The normalized spacial score (nSPS) is 17.3. The zero-order valence-electron chi connectivity index (χ0n) is 22.7. The molecule has 2 aromatic heterocycles. The first-order valence-corrected chi connectivity index (χ1v) is 14.2. The van der Waals surface area contributed by atoms with E-state index in [9.17, 15) is 9.59 Å². The Morgan fingerprint density at radius 2 is 1.90 bits per heavy atom. The molecule has 1 atom stereocenters. The standard InChI is InChI=1S/C31H29N3O6S/c1-3-39-30(36)26-27(20-8-5-4-6-9-20)32-31-34(28(26)21-10-7-11-22(18-21)37-2)29(35)24(41-31)19-23-12-13-25(40-23)33-14-16-38-17-15-33/h4-13,18-19,28H,3,14-17H2,1-2H3/b24-19+/t28-/m0/s1. The molecule has 2 aliphatic rings. The number of carbonyl (C=O) groups is 1. The van der Waals surface area contributed by atoms with Crippen LogP contribution in [-0.2, 0) is 14.3 Å². The van der Waals surface area contributed by atoms with Gasteiger partial charge in [0.1, 0.15) is 11.5 Å². The lowest BCUT2D eigenvalue weighted by Gasteiger charge is -2.26. The van der Waals surface area contributed by atoms with Crippen LogP contribution in [-0.4, -0.2) is 50.6 Å². The van der Waals surface area contributed by atoms with Crippen molar-refractivity contribution < 1.29 is 23.4 Å². The molecule has 2 aliphatic heterocycles. The van der Waals surface area contributed by atoms with Gasteiger partial charge in [-0.2, -0.15) is 0 Å². The van der Waals surface area contributed by atoms with Crippen LogP contribution in [0.2, 0.25) is 0 Å². The number of hydrogen-bond acceptors (Lipinski definition) is 9. The highest BCUT2D eigenvalue weighted by Crippen LogP contribution is 2.36. The van der Waals surface area contributed by atoms with Crippen LogP contribution in [0.5, 0.6) is 5.75 Å². The van der Waals surface area contributed by atoms with Gasteiger partial charge in [0.25, 0.3) is 5.56 Å². The lowest BCUT2D eigenvalue weighted by Crippen LogP contribution is -2.40. The molecule has 6 rings (SSSR count). The predicted molar refractivity (Wildman–Crippen MR) is 156 cm³/mol. The van der Waals surface area contributed by atoms with Gasteiger partial charge >= 0.3 is 5.97 Å². The number of benzene rings is 2. The minimum atomic E-state index is -0.779. The van der Waals surface area contributed by atoms with E-state index in [1.807, 2.05) is 66.7 Å². The molecule has 0 saturated carbocycles. The van der Waals surface area contributed by atoms with Crippen molar-refractivity contribution >= 4 is 35.0 Å². The van der Waals surface area contributed by atoms with Crippen LogP contribution in [0.1, 0.15) is 29.9 Å². The van der Waals surface area contributed by atoms with Crippen molar-refractivity contribution in [2.24, 2.45) is 4.99 Å². The molecular weight excluding hydrogens is 542 g/mol. The van der Waals surface area contributed by atoms with Crippen LogP contribution >= 0.6 is 11.3 Å². The van der Waals surface area contributed by atoms with Gasteiger partial charge in [0.15, 0.2) is 10.7 Å². The molecule has 210 valence electrons. The fourth-order valence-electron chi connectivity index (χ4n) is 5.07. The molecule has 0 aliphatic carbocycles. The Morgan fingerprint density at radius 3 is 2.66 bits per heavy atom. The third-order valence-electron chi connectivity index (χ3n) is 6.99. The van der Waals surface area contributed by atoms with Crippen molar-refractivity contribution in [3.05, 3.63) is 109 Å². The smallest absolute Gasteiger partial charge is 0.338 e. The lowest BCUT2D eigenvalue weighted by atomic mass is 9.93. The Balaban J connectivity index is 1.55. The molecule has 2 aromatic carbocycles. The molecule has 9 nitrogen and oxygen atoms in total. The second-order valence-electron chi connectivity index (χ2n) is 9.48. The first-order valence-electron chi connectivity index (χ1n) is 13.4. The van der Waals surface area contributed by atoms with Crippen LogP contribution < -0.4 is 24.5 Å². The number of fused-ring (bicyclic) bond motifs is 1. The Bertz CT molecular complexity index is 1780. The van der Waals surface area contributed by atoms with Crippen molar-refractivity contribution in [2.45, 2.75) is 13.0 Å². The van der Waals surface area contributed by atoms with Crippen LogP contribution in [0.4, 0.5) is 5.88 Å². The Kier molecular flexibility index (Phi) is 7.58. The molecule has 0 spiro atoms. The quantitative estimate of drug-likeness (QED) is 0.314. The number of rotatable bonds is 7. The van der Waals surface area contributed by atoms with E-state index in [0.29, 0.717) is 45.3 Å². The summed E-state index contributed by atoms with van der Waals surface area (Å²) >= 11 is 1.25. The number of furan rings is 1. The van der Waals surface area contributed by atoms with Gasteiger partial charge in [-0.1, -0.05) is 53.8 Å². The number of esters is 1. The summed E-state index contributed by atoms with van der Waals surface area (Å²) in [5, 5.41) is 0. The summed E-state index contributed by atoms with van der Waals surface area (Å²) in [5.74, 6) is 1.37. The molecule has 0 N–H and O–H groups in total. The molecule has 1 fully saturated rings. The van der Waals surface area contributed by atoms with E-state index in [1.54, 1.807) is 24.7 Å². The highest BCUT2D eigenvalue weighted by Gasteiger charge is 2.35. The highest BCUT2D eigenvalue weighted by atomic mass is 32.1. The van der Waals surface area contributed by atoms with Gasteiger partial charge in [0.2, 0.25) is 0 Å². The molecule has 41 heavy (non-hydrogen) atoms. The number of morpholine rings is 1. The minimum absolute atomic E-state index is 0.184. The van der Waals surface area contributed by atoms with Gasteiger partial charge in [0.05, 0.1) is 48.8 Å². The van der Waals surface area contributed by atoms with Crippen LogP contribution in [0.3, 0.4) is 0 Å². The first kappa shape index (κ1) is 26.8. The van der Waals surface area contributed by atoms with Gasteiger partial charge in [-0.15, -0.1) is 0 Å². The maximum absolute atomic E-state index is 14.0. The first-order chi connectivity index (χ1) is 20.1. The fourth-order valence-corrected chi connectivity index (χ4v) is 6.05. The summed E-state index contributed by atoms with van der Waals surface area (Å²) in [6.45, 7) is 4.72. The third-order valence-corrected chi connectivity index (χ3v) is 7.97. The van der Waals surface area contributed by atoms with Crippen molar-refractivity contribution in [3.63, 3.8) is 0 Å². The SMILES string of the molecule is CCOC(=O)C1=C(c2ccccc2)N=c2s/c(=C/c3ccc(N4CCOCC4)o3)c(=O)n2[C@H]1c1cccc(OC)c1. The van der Waals surface area contributed by atoms with E-state index in [0.717, 1.165) is 24.5 Å². The van der Waals surface area contributed by atoms with E-state index < -0.39 is 12.0 Å². The molecular formula is C31H29N3O6S. The maximum Gasteiger partial charge on any atom is 0.338 e. The van der Waals surface area contributed by atoms with Crippen LogP contribution in [0, 0.1) is 0 Å². The minimum Gasteiger partial charge on any atom is -0.497 e. The van der Waals surface area contributed by atoms with Crippen LogP contribution in [0.15, 0.2) is 86.5 Å². The topological polar surface area (TPSA) is 95.5 Å². The molecule has 10 heteroatoms. The van der Waals surface area contributed by atoms with Gasteiger partial charge in [-0.3, -0.25) is 9.36 Å². The molecule has 0 amide bonds. The van der Waals surface area contributed by atoms with Crippen molar-refractivity contribution in [2.75, 3.05) is 44.9 Å². The highest BCUT2D eigenvalue weighted by molar-refractivity contribution is 7.07. The van der Waals surface area contributed by atoms with Gasteiger partial charge < -0.3 is 23.5 Å². The zero-order chi connectivity index (χ0) is 28.3. The van der Waals surface area contributed by atoms with Crippen LogP contribution in [0.25, 0.3) is 11.8 Å². The largest absolute Gasteiger partial charge is 0.497 e. The van der Waals surface area contributed by atoms with Gasteiger partial charge in [-0.25, -0.2) is 9.79 Å². The molecule has 4 heterocycles. The number of nitrogens with zero attached hydrogens (tertiary/aromatic N) is 3. The number of aromatic nitrogens is 1. The zero-order valence-corrected chi connectivity index (χ0v) is 23.6. The van der Waals surface area contributed by atoms with Gasteiger partial charge in [0, 0.05) is 30.8 Å². The summed E-state index contributed by atoms with van der Waals surface area (Å²) in [4.78, 5) is 35.1. The number of ether oxygens (including phenoxy) is 3. The number of methoxy groups -OCH3 is 1. The monoisotopic (exact) mass is 571 g/mol. The number of carbonyl (C=O) groups excluding carboxylic acids is 1. The van der Waals surface area contributed by atoms with E-state index in [4.69, 9.17) is 23.6 Å². The number of thiazole rings is 1. The van der Waals surface area contributed by atoms with E-state index in [1.165, 1.54) is 11.3 Å². The molecule has 4 aromatic rings. The van der Waals surface area contributed by atoms with Gasteiger partial charge in [-0.05, 0) is 30.7 Å². The number of hydrogen-bond donors (Lipinski definition) is 0. The summed E-state index contributed by atoms with van der Waals surface area (Å²) < 4.78 is 24.5. The third kappa shape index (κ3) is 5.23. The van der Waals surface area contributed by atoms with E-state index in [-0.39, 0.29) is 17.7 Å². The summed E-state index contributed by atoms with van der Waals surface area (Å²) in [6.07, 6.45) is 1.73. The Labute approximate surface area is 240 Å². The second-order valence-corrected chi connectivity index (χ2v) is 10.5. The fraction of sp³-hybridized carbons (Fsp3) is 0.258. The Hall–Kier alpha value is -4.41. The van der Waals surface area contributed by atoms with E-state index in [2.05, 4.69) is 4.90 Å². The molecule has 0 unspecified atom stereocenters. The average Bonchev–Trinajstić information content (AvgIpc) is 3.61. The maximum atomic E-state index is 14.0. The molecule has 1 saturated heterocycles. The lowest BCUT2D eigenvalue weighted by molar-refractivity contribution is -0.138. The van der Waals surface area contributed by atoms with Crippen molar-refractivity contribution in [1.82, 2.24) is 4.57 Å². The van der Waals surface area contributed by atoms with Crippen molar-refractivity contribution in [3.8, 4) is 5.75 Å².